The number of aromatic nitrogens is 1. The fraction of sp³-hybridized carbons (Fsp3) is 0.333. The Morgan fingerprint density at radius 2 is 2.42 bits per heavy atom. The van der Waals surface area contributed by atoms with Crippen LogP contribution < -0.4 is 9.67 Å². The van der Waals surface area contributed by atoms with Crippen LogP contribution in [-0.2, 0) is 18.3 Å². The average molecular weight is 165 g/mol. The van der Waals surface area contributed by atoms with Crippen molar-refractivity contribution in [2.45, 2.75) is 12.8 Å². The first-order valence-electron chi connectivity index (χ1n) is 3.82. The van der Waals surface area contributed by atoms with Gasteiger partial charge in [0.25, 0.3) is 0 Å². The van der Waals surface area contributed by atoms with E-state index in [9.17, 15) is 9.90 Å². The van der Waals surface area contributed by atoms with Crippen molar-refractivity contribution in [3.63, 3.8) is 0 Å². The third-order valence-corrected chi connectivity index (χ3v) is 1.62. The number of carboxylic acids is 1. The summed E-state index contributed by atoms with van der Waals surface area (Å²) in [6.45, 7) is 0. The lowest BCUT2D eigenvalue weighted by Crippen LogP contribution is -2.27. The summed E-state index contributed by atoms with van der Waals surface area (Å²) in [7, 11) is 1.91. The van der Waals surface area contributed by atoms with Crippen LogP contribution in [0.1, 0.15) is 12.0 Å². The maximum absolute atomic E-state index is 10.1. The number of nitrogens with zero attached hydrogens (tertiary/aromatic N) is 1. The monoisotopic (exact) mass is 165 g/mol. The first-order valence-corrected chi connectivity index (χ1v) is 3.82. The Kier molecular flexibility index (Phi) is 2.80. The highest BCUT2D eigenvalue weighted by Gasteiger charge is 1.97. The van der Waals surface area contributed by atoms with Crippen molar-refractivity contribution in [1.82, 2.24) is 0 Å². The Morgan fingerprint density at radius 3 is 3.00 bits per heavy atom. The molecule has 3 heteroatoms. The van der Waals surface area contributed by atoms with Gasteiger partial charge in [-0.1, -0.05) is 0 Å². The van der Waals surface area contributed by atoms with Gasteiger partial charge in [0.1, 0.15) is 7.05 Å². The van der Waals surface area contributed by atoms with Gasteiger partial charge >= 0.3 is 0 Å². The Morgan fingerprint density at radius 1 is 1.67 bits per heavy atom. The zero-order valence-corrected chi connectivity index (χ0v) is 6.99. The number of carbonyl (C=O) groups excluding carboxylic acids is 1. The molecular weight excluding hydrogens is 154 g/mol. The Labute approximate surface area is 71.3 Å². The van der Waals surface area contributed by atoms with E-state index in [1.165, 1.54) is 0 Å². The average Bonchev–Trinajstić information content (AvgIpc) is 2.01. The fourth-order valence-electron chi connectivity index (χ4n) is 1.04. The summed E-state index contributed by atoms with van der Waals surface area (Å²) in [5.41, 5.74) is 1.02. The number of hydrogen-bond donors (Lipinski definition) is 0. The smallest absolute Gasteiger partial charge is 0.171 e. The SMILES string of the molecule is C[n+]1cccc(CCC(=O)[O-])c1. The van der Waals surface area contributed by atoms with Crippen LogP contribution in [0.15, 0.2) is 24.5 Å². The van der Waals surface area contributed by atoms with Crippen molar-refractivity contribution < 1.29 is 14.5 Å². The third kappa shape index (κ3) is 2.70. The molecule has 3 nitrogen and oxygen atoms in total. The normalized spacial score (nSPS) is 9.75. The molecule has 0 atom stereocenters. The molecule has 0 aliphatic heterocycles. The van der Waals surface area contributed by atoms with Crippen molar-refractivity contribution in [1.29, 1.82) is 0 Å². The second kappa shape index (κ2) is 3.85. The van der Waals surface area contributed by atoms with Gasteiger partial charge in [-0.3, -0.25) is 0 Å². The van der Waals surface area contributed by atoms with Crippen LogP contribution in [0.4, 0.5) is 0 Å². The highest BCUT2D eigenvalue weighted by Crippen LogP contribution is 1.97. The number of carboxylic acid groups (broad SMARTS) is 1. The van der Waals surface area contributed by atoms with Crippen LogP contribution in [0.3, 0.4) is 0 Å². The molecule has 1 rings (SSSR count). The van der Waals surface area contributed by atoms with E-state index in [0.717, 1.165) is 5.56 Å². The van der Waals surface area contributed by atoms with Gasteiger partial charge in [0.2, 0.25) is 0 Å². The summed E-state index contributed by atoms with van der Waals surface area (Å²) in [4.78, 5) is 10.1. The van der Waals surface area contributed by atoms with Crippen LogP contribution in [0.25, 0.3) is 0 Å². The summed E-state index contributed by atoms with van der Waals surface area (Å²) in [6, 6.07) is 3.80. The van der Waals surface area contributed by atoms with Gasteiger partial charge in [0.15, 0.2) is 12.4 Å². The topological polar surface area (TPSA) is 44.0 Å². The minimum absolute atomic E-state index is 0.0873. The Bertz CT molecular complexity index is 284. The summed E-state index contributed by atoms with van der Waals surface area (Å²) >= 11 is 0. The van der Waals surface area contributed by atoms with Gasteiger partial charge in [-0.25, -0.2) is 4.57 Å². The molecule has 64 valence electrons. The van der Waals surface area contributed by atoms with E-state index in [2.05, 4.69) is 0 Å². The number of pyridine rings is 1. The van der Waals surface area contributed by atoms with Crippen LogP contribution in [0, 0.1) is 0 Å². The molecule has 0 aliphatic carbocycles. The maximum Gasteiger partial charge on any atom is 0.171 e. The second-order valence-electron chi connectivity index (χ2n) is 2.75. The number of aliphatic carboxylic acids is 1. The summed E-state index contributed by atoms with van der Waals surface area (Å²) in [6.07, 6.45) is 4.44. The lowest BCUT2D eigenvalue weighted by molar-refractivity contribution is -0.671. The van der Waals surface area contributed by atoms with Crippen LogP contribution in [-0.4, -0.2) is 5.97 Å². The van der Waals surface area contributed by atoms with Gasteiger partial charge in [0.05, 0.1) is 0 Å². The van der Waals surface area contributed by atoms with E-state index in [4.69, 9.17) is 0 Å². The van der Waals surface area contributed by atoms with Gasteiger partial charge in [0, 0.05) is 17.6 Å². The van der Waals surface area contributed by atoms with E-state index < -0.39 is 5.97 Å². The first-order chi connectivity index (χ1) is 5.68. The minimum atomic E-state index is -0.999. The molecule has 12 heavy (non-hydrogen) atoms. The van der Waals surface area contributed by atoms with E-state index in [0.29, 0.717) is 6.42 Å². The predicted octanol–water partition coefficient (Wildman–Crippen LogP) is -0.806. The van der Waals surface area contributed by atoms with Gasteiger partial charge in [-0.05, 0) is 18.9 Å². The summed E-state index contributed by atoms with van der Waals surface area (Å²) in [5.74, 6) is -0.999. The standard InChI is InChI=1S/C9H11NO2/c1-10-6-2-3-8(7-10)4-5-9(11)12/h2-3,6-7H,4-5H2,1H3. The molecule has 0 spiro atoms. The molecule has 0 amide bonds. The quantitative estimate of drug-likeness (QED) is 0.550. The maximum atomic E-state index is 10.1. The van der Waals surface area contributed by atoms with Gasteiger partial charge < -0.3 is 9.90 Å². The van der Waals surface area contributed by atoms with Crippen molar-refractivity contribution >= 4 is 5.97 Å². The predicted molar refractivity (Wildman–Crippen MR) is 40.9 cm³/mol. The van der Waals surface area contributed by atoms with Crippen molar-refractivity contribution in [3.8, 4) is 0 Å². The highest BCUT2D eigenvalue weighted by molar-refractivity contribution is 5.64. The Balaban J connectivity index is 2.57. The van der Waals surface area contributed by atoms with Crippen molar-refractivity contribution in [2.75, 3.05) is 0 Å². The third-order valence-electron chi connectivity index (χ3n) is 1.62. The first kappa shape index (κ1) is 8.71. The number of rotatable bonds is 3. The molecule has 0 fully saturated rings. The molecule has 0 unspecified atom stereocenters. The van der Waals surface area contributed by atoms with Crippen LogP contribution >= 0.6 is 0 Å². The highest BCUT2D eigenvalue weighted by atomic mass is 16.4. The number of carbonyl (C=O) groups is 1. The van der Waals surface area contributed by atoms with E-state index >= 15 is 0 Å². The zero-order valence-electron chi connectivity index (χ0n) is 6.99. The molecular formula is C9H11NO2. The molecule has 0 aliphatic rings. The van der Waals surface area contributed by atoms with Gasteiger partial charge in [-0.15, -0.1) is 0 Å². The Hall–Kier alpha value is -1.38. The second-order valence-corrected chi connectivity index (χ2v) is 2.75. The number of aryl methyl sites for hydroxylation is 2. The summed E-state index contributed by atoms with van der Waals surface area (Å²) < 4.78 is 1.89. The molecule has 1 heterocycles. The molecule has 0 N–H and O–H groups in total. The molecule has 1 aromatic rings. The summed E-state index contributed by atoms with van der Waals surface area (Å²) in [5, 5.41) is 10.1. The largest absolute Gasteiger partial charge is 0.550 e. The molecule has 0 radical (unpaired) electrons. The van der Waals surface area contributed by atoms with Crippen LogP contribution in [0.2, 0.25) is 0 Å². The number of hydrogen-bond acceptors (Lipinski definition) is 2. The molecule has 1 aromatic heterocycles. The minimum Gasteiger partial charge on any atom is -0.550 e. The molecule has 0 saturated carbocycles. The van der Waals surface area contributed by atoms with Crippen molar-refractivity contribution in [2.24, 2.45) is 7.05 Å². The fourth-order valence-corrected chi connectivity index (χ4v) is 1.04. The van der Waals surface area contributed by atoms with Crippen LogP contribution in [0.5, 0.6) is 0 Å². The lowest BCUT2D eigenvalue weighted by atomic mass is 10.1. The zero-order chi connectivity index (χ0) is 8.97. The van der Waals surface area contributed by atoms with Crippen molar-refractivity contribution in [3.05, 3.63) is 30.1 Å². The van der Waals surface area contributed by atoms with E-state index in [1.54, 1.807) is 0 Å². The van der Waals surface area contributed by atoms with Gasteiger partial charge in [-0.2, -0.15) is 0 Å². The van der Waals surface area contributed by atoms with E-state index in [1.807, 2.05) is 36.1 Å². The molecule has 0 saturated heterocycles. The van der Waals surface area contributed by atoms with E-state index in [-0.39, 0.29) is 6.42 Å². The lowest BCUT2D eigenvalue weighted by Gasteiger charge is -1.99. The molecule has 0 aromatic carbocycles. The molecule has 0 bridgehead atoms.